The molecule has 1 aliphatic heterocycles. The Balaban J connectivity index is 2.41. The fraction of sp³-hybridized carbons (Fsp3) is 0.357. The van der Waals surface area contributed by atoms with Crippen molar-refractivity contribution in [3.8, 4) is 0 Å². The average molecular weight is 230 g/mol. The van der Waals surface area contributed by atoms with Gasteiger partial charge >= 0.3 is 0 Å². The number of nitrogens with zero attached hydrogens (tertiary/aromatic N) is 1. The Morgan fingerprint density at radius 2 is 2.12 bits per heavy atom. The molecule has 2 rings (SSSR count). The van der Waals surface area contributed by atoms with Gasteiger partial charge < -0.3 is 10.2 Å². The van der Waals surface area contributed by atoms with Crippen LogP contribution >= 0.6 is 0 Å². The van der Waals surface area contributed by atoms with Crippen LogP contribution in [-0.4, -0.2) is 18.0 Å². The van der Waals surface area contributed by atoms with Crippen molar-refractivity contribution in [1.82, 2.24) is 0 Å². The van der Waals surface area contributed by atoms with Gasteiger partial charge in [0.15, 0.2) is 0 Å². The number of rotatable bonds is 3. The van der Waals surface area contributed by atoms with E-state index in [0.717, 1.165) is 17.8 Å². The first-order valence-electron chi connectivity index (χ1n) is 5.86. The van der Waals surface area contributed by atoms with Gasteiger partial charge in [0.2, 0.25) is 0 Å². The Hall–Kier alpha value is -1.77. The smallest absolute Gasteiger partial charge is 0.252 e. The van der Waals surface area contributed by atoms with Crippen molar-refractivity contribution in [3.05, 3.63) is 36.9 Å². The van der Waals surface area contributed by atoms with Crippen molar-refractivity contribution >= 4 is 17.3 Å². The molecule has 1 aromatic rings. The molecule has 0 saturated carbocycles. The number of carbonyl (C=O) groups is 1. The minimum Gasteiger partial charge on any atom is -0.370 e. The van der Waals surface area contributed by atoms with Crippen molar-refractivity contribution < 1.29 is 4.79 Å². The second kappa shape index (κ2) is 4.24. The molecule has 0 aliphatic carbocycles. The van der Waals surface area contributed by atoms with Gasteiger partial charge in [0.05, 0.1) is 11.4 Å². The van der Waals surface area contributed by atoms with E-state index >= 15 is 0 Å². The lowest BCUT2D eigenvalue weighted by Gasteiger charge is -2.39. The summed E-state index contributed by atoms with van der Waals surface area (Å²) in [6.07, 6.45) is 2.64. The molecule has 0 radical (unpaired) electrons. The lowest BCUT2D eigenvalue weighted by Crippen LogP contribution is -2.54. The van der Waals surface area contributed by atoms with Gasteiger partial charge in [0, 0.05) is 6.54 Å². The molecule has 3 nitrogen and oxygen atoms in total. The van der Waals surface area contributed by atoms with E-state index in [1.807, 2.05) is 49.1 Å². The highest BCUT2D eigenvalue weighted by Gasteiger charge is 2.37. The topological polar surface area (TPSA) is 32.3 Å². The van der Waals surface area contributed by atoms with Crippen LogP contribution in [0.3, 0.4) is 0 Å². The molecule has 0 spiro atoms. The molecular weight excluding hydrogens is 212 g/mol. The molecule has 0 fully saturated rings. The number of fused-ring (bicyclic) bond motifs is 1. The van der Waals surface area contributed by atoms with E-state index < -0.39 is 5.54 Å². The van der Waals surface area contributed by atoms with E-state index in [4.69, 9.17) is 0 Å². The predicted molar refractivity (Wildman–Crippen MR) is 71.3 cm³/mol. The number of carbonyl (C=O) groups excluding carboxylic acids is 1. The van der Waals surface area contributed by atoms with Crippen molar-refractivity contribution in [2.45, 2.75) is 25.8 Å². The third kappa shape index (κ3) is 2.05. The van der Waals surface area contributed by atoms with E-state index in [1.165, 1.54) is 0 Å². The molecule has 1 aliphatic rings. The van der Waals surface area contributed by atoms with E-state index in [0.29, 0.717) is 6.54 Å². The zero-order valence-electron chi connectivity index (χ0n) is 10.4. The molecule has 0 saturated heterocycles. The Morgan fingerprint density at radius 3 is 2.82 bits per heavy atom. The Kier molecular flexibility index (Phi) is 2.92. The molecule has 3 heteroatoms. The van der Waals surface area contributed by atoms with Gasteiger partial charge in [-0.1, -0.05) is 18.2 Å². The molecule has 1 amide bonds. The first kappa shape index (κ1) is 11.7. The standard InChI is InChI=1S/C14H18N2O/c1-4-5-10-16-12-9-7-6-8-11(12)15-14(2,3)13(16)17/h4,6-9,15H,1,5,10H2,2-3H3. The maximum absolute atomic E-state index is 12.3. The van der Waals surface area contributed by atoms with Crippen LogP contribution in [0.5, 0.6) is 0 Å². The van der Waals surface area contributed by atoms with Crippen molar-refractivity contribution in [3.63, 3.8) is 0 Å². The molecule has 1 N–H and O–H groups in total. The minimum atomic E-state index is -0.546. The highest BCUT2D eigenvalue weighted by atomic mass is 16.2. The molecular formula is C14H18N2O. The van der Waals surface area contributed by atoms with Crippen LogP contribution in [0, 0.1) is 0 Å². The quantitative estimate of drug-likeness (QED) is 0.810. The summed E-state index contributed by atoms with van der Waals surface area (Å²) in [6, 6.07) is 7.90. The maximum Gasteiger partial charge on any atom is 0.252 e. The van der Waals surface area contributed by atoms with Gasteiger partial charge in [-0.15, -0.1) is 6.58 Å². The number of hydrogen-bond donors (Lipinski definition) is 1. The second-order valence-electron chi connectivity index (χ2n) is 4.80. The number of nitrogens with one attached hydrogen (secondary N) is 1. The second-order valence-corrected chi connectivity index (χ2v) is 4.80. The maximum atomic E-state index is 12.3. The van der Waals surface area contributed by atoms with Gasteiger partial charge in [-0.05, 0) is 32.4 Å². The minimum absolute atomic E-state index is 0.109. The largest absolute Gasteiger partial charge is 0.370 e. The summed E-state index contributed by atoms with van der Waals surface area (Å²) in [5.41, 5.74) is 1.43. The lowest BCUT2D eigenvalue weighted by molar-refractivity contribution is -0.122. The monoisotopic (exact) mass is 230 g/mol. The first-order chi connectivity index (χ1) is 8.06. The van der Waals surface area contributed by atoms with Crippen molar-refractivity contribution in [2.75, 3.05) is 16.8 Å². The van der Waals surface area contributed by atoms with Crippen LogP contribution in [-0.2, 0) is 4.79 Å². The number of para-hydroxylation sites is 2. The van der Waals surface area contributed by atoms with Gasteiger partial charge in [-0.25, -0.2) is 0 Å². The summed E-state index contributed by atoms with van der Waals surface area (Å²) in [5.74, 6) is 0.109. The summed E-state index contributed by atoms with van der Waals surface area (Å²) >= 11 is 0. The molecule has 0 bridgehead atoms. The zero-order valence-corrected chi connectivity index (χ0v) is 10.4. The van der Waals surface area contributed by atoms with Gasteiger partial charge in [-0.2, -0.15) is 0 Å². The molecule has 90 valence electrons. The fourth-order valence-electron chi connectivity index (χ4n) is 2.09. The summed E-state index contributed by atoms with van der Waals surface area (Å²) in [7, 11) is 0. The van der Waals surface area contributed by atoms with Crippen molar-refractivity contribution in [1.29, 1.82) is 0 Å². The van der Waals surface area contributed by atoms with E-state index in [2.05, 4.69) is 11.9 Å². The zero-order chi connectivity index (χ0) is 12.5. The lowest BCUT2D eigenvalue weighted by atomic mass is 9.98. The fourth-order valence-corrected chi connectivity index (χ4v) is 2.09. The third-order valence-electron chi connectivity index (χ3n) is 2.98. The number of benzene rings is 1. The highest BCUT2D eigenvalue weighted by Crippen LogP contribution is 2.34. The number of amides is 1. The van der Waals surface area contributed by atoms with Gasteiger partial charge in [0.1, 0.15) is 5.54 Å². The van der Waals surface area contributed by atoms with Crippen molar-refractivity contribution in [2.24, 2.45) is 0 Å². The van der Waals surface area contributed by atoms with E-state index in [9.17, 15) is 4.79 Å². The summed E-state index contributed by atoms with van der Waals surface area (Å²) < 4.78 is 0. The van der Waals surface area contributed by atoms with E-state index in [-0.39, 0.29) is 5.91 Å². The number of anilines is 2. The van der Waals surface area contributed by atoms with Crippen LogP contribution in [0.1, 0.15) is 20.3 Å². The highest BCUT2D eigenvalue weighted by molar-refractivity contribution is 6.07. The van der Waals surface area contributed by atoms with Crippen LogP contribution in [0.15, 0.2) is 36.9 Å². The molecule has 0 aromatic heterocycles. The van der Waals surface area contributed by atoms with Gasteiger partial charge in [-0.3, -0.25) is 4.79 Å². The Bertz CT molecular complexity index is 451. The molecule has 17 heavy (non-hydrogen) atoms. The summed E-state index contributed by atoms with van der Waals surface area (Å²) in [5, 5.41) is 3.28. The SMILES string of the molecule is C=CCCN1C(=O)C(C)(C)Nc2ccccc21. The van der Waals surface area contributed by atoms with Crippen LogP contribution in [0.4, 0.5) is 11.4 Å². The molecule has 0 unspecified atom stereocenters. The Morgan fingerprint density at radius 1 is 1.41 bits per heavy atom. The predicted octanol–water partition coefficient (Wildman–Crippen LogP) is 2.80. The summed E-state index contributed by atoms with van der Waals surface area (Å²) in [4.78, 5) is 14.2. The first-order valence-corrected chi connectivity index (χ1v) is 5.86. The average Bonchev–Trinajstić information content (AvgIpc) is 2.29. The molecule has 1 aromatic carbocycles. The molecule has 1 heterocycles. The van der Waals surface area contributed by atoms with Gasteiger partial charge in [0.25, 0.3) is 5.91 Å². The Labute approximate surface area is 102 Å². The van der Waals surface area contributed by atoms with Crippen LogP contribution in [0.2, 0.25) is 0 Å². The normalized spacial score (nSPS) is 17.3. The van der Waals surface area contributed by atoms with Crippen LogP contribution < -0.4 is 10.2 Å². The van der Waals surface area contributed by atoms with Crippen LogP contribution in [0.25, 0.3) is 0 Å². The molecule has 0 atom stereocenters. The third-order valence-corrected chi connectivity index (χ3v) is 2.98. The number of hydrogen-bond acceptors (Lipinski definition) is 2. The summed E-state index contributed by atoms with van der Waals surface area (Å²) in [6.45, 7) is 8.21. The van der Waals surface area contributed by atoms with E-state index in [1.54, 1.807) is 0 Å².